The Labute approximate surface area is 175 Å². The SMILES string of the molecule is N[C@H]1CC[C@H](Nc2cc(-c3cccc(NCc4ccncc4)n3)c(Cl)cn2)CC1. The second-order valence-corrected chi connectivity index (χ2v) is 7.83. The van der Waals surface area contributed by atoms with Crippen LogP contribution in [-0.4, -0.2) is 27.0 Å². The molecule has 0 spiro atoms. The van der Waals surface area contributed by atoms with Gasteiger partial charge in [0, 0.05) is 42.8 Å². The Kier molecular flexibility index (Phi) is 6.22. The summed E-state index contributed by atoms with van der Waals surface area (Å²) in [5.41, 5.74) is 8.83. The summed E-state index contributed by atoms with van der Waals surface area (Å²) in [7, 11) is 0. The van der Waals surface area contributed by atoms with Crippen LogP contribution in [-0.2, 0) is 6.54 Å². The Balaban J connectivity index is 1.48. The Morgan fingerprint density at radius 2 is 1.83 bits per heavy atom. The first kappa shape index (κ1) is 19.6. The summed E-state index contributed by atoms with van der Waals surface area (Å²) in [6.45, 7) is 0.680. The lowest BCUT2D eigenvalue weighted by Crippen LogP contribution is -2.33. The van der Waals surface area contributed by atoms with Gasteiger partial charge in [-0.05, 0) is 61.6 Å². The maximum absolute atomic E-state index is 6.44. The molecule has 1 saturated carbocycles. The van der Waals surface area contributed by atoms with Crippen LogP contribution in [0.4, 0.5) is 11.6 Å². The van der Waals surface area contributed by atoms with Crippen LogP contribution in [0.1, 0.15) is 31.2 Å². The third kappa shape index (κ3) is 5.22. The molecule has 0 atom stereocenters. The topological polar surface area (TPSA) is 88.8 Å². The number of halogens is 1. The van der Waals surface area contributed by atoms with Gasteiger partial charge in [-0.15, -0.1) is 0 Å². The van der Waals surface area contributed by atoms with Crippen molar-refractivity contribution in [3.8, 4) is 11.3 Å². The van der Waals surface area contributed by atoms with Crippen LogP contribution in [0, 0.1) is 0 Å². The molecule has 3 aromatic heterocycles. The summed E-state index contributed by atoms with van der Waals surface area (Å²) >= 11 is 6.44. The molecule has 0 aromatic carbocycles. The van der Waals surface area contributed by atoms with Gasteiger partial charge in [0.05, 0.1) is 10.7 Å². The molecule has 0 saturated heterocycles. The maximum Gasteiger partial charge on any atom is 0.126 e. The van der Waals surface area contributed by atoms with E-state index in [1.54, 1.807) is 18.6 Å². The molecule has 0 bridgehead atoms. The standard InChI is InChI=1S/C22H25ClN6/c23-19-14-27-22(28-17-6-4-16(24)5-7-17)12-18(19)20-2-1-3-21(29-20)26-13-15-8-10-25-11-9-15/h1-3,8-12,14,16-17H,4-7,13,24H2,(H,26,29)(H,27,28)/t16-,17-. The fraction of sp³-hybridized carbons (Fsp3) is 0.318. The highest BCUT2D eigenvalue weighted by atomic mass is 35.5. The summed E-state index contributed by atoms with van der Waals surface area (Å²) in [5.74, 6) is 1.62. The number of hydrogen-bond donors (Lipinski definition) is 3. The monoisotopic (exact) mass is 408 g/mol. The largest absolute Gasteiger partial charge is 0.367 e. The Morgan fingerprint density at radius 1 is 1.03 bits per heavy atom. The molecule has 0 unspecified atom stereocenters. The highest BCUT2D eigenvalue weighted by molar-refractivity contribution is 6.33. The summed E-state index contributed by atoms with van der Waals surface area (Å²) in [5, 5.41) is 7.46. The van der Waals surface area contributed by atoms with Gasteiger partial charge >= 0.3 is 0 Å². The highest BCUT2D eigenvalue weighted by Crippen LogP contribution is 2.30. The lowest BCUT2D eigenvalue weighted by Gasteiger charge is -2.27. The molecule has 0 amide bonds. The van der Waals surface area contributed by atoms with Crippen molar-refractivity contribution in [3.63, 3.8) is 0 Å². The molecule has 4 N–H and O–H groups in total. The van der Waals surface area contributed by atoms with Gasteiger partial charge in [0.2, 0.25) is 0 Å². The van der Waals surface area contributed by atoms with Gasteiger partial charge in [-0.1, -0.05) is 17.7 Å². The van der Waals surface area contributed by atoms with E-state index in [9.17, 15) is 0 Å². The van der Waals surface area contributed by atoms with E-state index in [0.717, 1.165) is 54.1 Å². The highest BCUT2D eigenvalue weighted by Gasteiger charge is 2.19. The van der Waals surface area contributed by atoms with Crippen molar-refractivity contribution < 1.29 is 0 Å². The molecule has 3 aromatic rings. The summed E-state index contributed by atoms with van der Waals surface area (Å²) < 4.78 is 0. The molecular formula is C22H25ClN6. The number of aromatic nitrogens is 3. The predicted molar refractivity (Wildman–Crippen MR) is 118 cm³/mol. The van der Waals surface area contributed by atoms with Gasteiger partial charge in [-0.3, -0.25) is 4.98 Å². The van der Waals surface area contributed by atoms with Crippen molar-refractivity contribution in [1.29, 1.82) is 0 Å². The van der Waals surface area contributed by atoms with Crippen LogP contribution in [0.5, 0.6) is 0 Å². The quantitative estimate of drug-likeness (QED) is 0.557. The predicted octanol–water partition coefficient (Wildman–Crippen LogP) is 4.49. The molecule has 0 aliphatic heterocycles. The van der Waals surface area contributed by atoms with E-state index in [2.05, 4.69) is 20.6 Å². The van der Waals surface area contributed by atoms with Crippen LogP contribution < -0.4 is 16.4 Å². The smallest absolute Gasteiger partial charge is 0.126 e. The maximum atomic E-state index is 6.44. The van der Waals surface area contributed by atoms with Gasteiger partial charge in [-0.2, -0.15) is 0 Å². The van der Waals surface area contributed by atoms with Crippen LogP contribution in [0.15, 0.2) is 55.0 Å². The first-order valence-corrected chi connectivity index (χ1v) is 10.3. The van der Waals surface area contributed by atoms with Gasteiger partial charge in [0.15, 0.2) is 0 Å². The third-order valence-corrected chi connectivity index (χ3v) is 5.53. The average Bonchev–Trinajstić information content (AvgIpc) is 2.76. The molecular weight excluding hydrogens is 384 g/mol. The Morgan fingerprint density at radius 3 is 2.62 bits per heavy atom. The molecule has 150 valence electrons. The second kappa shape index (κ2) is 9.20. The number of anilines is 2. The lowest BCUT2D eigenvalue weighted by atomic mass is 9.92. The fourth-order valence-corrected chi connectivity index (χ4v) is 3.76. The zero-order valence-corrected chi connectivity index (χ0v) is 16.9. The van der Waals surface area contributed by atoms with Crippen molar-refractivity contribution in [2.75, 3.05) is 10.6 Å². The normalized spacial score (nSPS) is 19.0. The Bertz CT molecular complexity index is 941. The molecule has 0 radical (unpaired) electrons. The Hall–Kier alpha value is -2.70. The number of nitrogens with two attached hydrogens (primary N) is 1. The van der Waals surface area contributed by atoms with E-state index >= 15 is 0 Å². The zero-order valence-electron chi connectivity index (χ0n) is 16.2. The molecule has 7 heteroatoms. The first-order chi connectivity index (χ1) is 14.2. The molecule has 4 rings (SSSR count). The summed E-state index contributed by atoms with van der Waals surface area (Å²) in [4.78, 5) is 13.2. The van der Waals surface area contributed by atoms with E-state index in [0.29, 0.717) is 23.7 Å². The van der Waals surface area contributed by atoms with Crippen LogP contribution in [0.3, 0.4) is 0 Å². The molecule has 3 heterocycles. The van der Waals surface area contributed by atoms with Crippen molar-refractivity contribution in [1.82, 2.24) is 15.0 Å². The minimum atomic E-state index is 0.327. The lowest BCUT2D eigenvalue weighted by molar-refractivity contribution is 0.410. The van der Waals surface area contributed by atoms with Gasteiger partial charge in [0.25, 0.3) is 0 Å². The minimum Gasteiger partial charge on any atom is -0.367 e. The number of pyridine rings is 3. The van der Waals surface area contributed by atoms with Crippen molar-refractivity contribution in [3.05, 3.63) is 65.6 Å². The fourth-order valence-electron chi connectivity index (χ4n) is 3.56. The van der Waals surface area contributed by atoms with E-state index in [1.807, 2.05) is 36.4 Å². The van der Waals surface area contributed by atoms with Crippen LogP contribution in [0.25, 0.3) is 11.3 Å². The van der Waals surface area contributed by atoms with E-state index in [1.165, 1.54) is 0 Å². The molecule has 1 aliphatic rings. The van der Waals surface area contributed by atoms with Gasteiger partial charge in [0.1, 0.15) is 11.6 Å². The number of nitrogens with one attached hydrogen (secondary N) is 2. The van der Waals surface area contributed by atoms with Gasteiger partial charge < -0.3 is 16.4 Å². The van der Waals surface area contributed by atoms with E-state index in [-0.39, 0.29) is 0 Å². The van der Waals surface area contributed by atoms with Crippen molar-refractivity contribution in [2.24, 2.45) is 5.73 Å². The summed E-state index contributed by atoms with van der Waals surface area (Å²) in [6, 6.07) is 12.5. The minimum absolute atomic E-state index is 0.327. The summed E-state index contributed by atoms with van der Waals surface area (Å²) in [6.07, 6.45) is 9.47. The molecule has 1 fully saturated rings. The number of rotatable bonds is 6. The van der Waals surface area contributed by atoms with Crippen molar-refractivity contribution in [2.45, 2.75) is 44.3 Å². The molecule has 6 nitrogen and oxygen atoms in total. The number of nitrogens with zero attached hydrogens (tertiary/aromatic N) is 3. The zero-order chi connectivity index (χ0) is 20.1. The van der Waals surface area contributed by atoms with Crippen LogP contribution in [0.2, 0.25) is 5.02 Å². The first-order valence-electron chi connectivity index (χ1n) is 9.95. The third-order valence-electron chi connectivity index (χ3n) is 5.23. The average molecular weight is 409 g/mol. The van der Waals surface area contributed by atoms with E-state index in [4.69, 9.17) is 22.3 Å². The van der Waals surface area contributed by atoms with E-state index < -0.39 is 0 Å². The van der Waals surface area contributed by atoms with Crippen molar-refractivity contribution >= 4 is 23.2 Å². The second-order valence-electron chi connectivity index (χ2n) is 7.42. The van der Waals surface area contributed by atoms with Crippen LogP contribution >= 0.6 is 11.6 Å². The molecule has 29 heavy (non-hydrogen) atoms. The molecule has 1 aliphatic carbocycles. The van der Waals surface area contributed by atoms with Gasteiger partial charge in [-0.25, -0.2) is 9.97 Å². The number of hydrogen-bond acceptors (Lipinski definition) is 6.